The first-order valence-corrected chi connectivity index (χ1v) is 8.71. The van der Waals surface area contributed by atoms with Gasteiger partial charge < -0.3 is 15.0 Å². The van der Waals surface area contributed by atoms with Gasteiger partial charge in [0.15, 0.2) is 0 Å². The van der Waals surface area contributed by atoms with Gasteiger partial charge in [-0.25, -0.2) is 13.1 Å². The van der Waals surface area contributed by atoms with E-state index in [1.165, 1.54) is 13.1 Å². The van der Waals surface area contributed by atoms with Crippen LogP contribution in [-0.4, -0.2) is 53.7 Å². The molecule has 0 bridgehead atoms. The predicted octanol–water partition coefficient (Wildman–Crippen LogP) is -0.528. The van der Waals surface area contributed by atoms with E-state index in [9.17, 15) is 13.2 Å². The molecule has 7 nitrogen and oxygen atoms in total. The first-order chi connectivity index (χ1) is 10.5. The molecule has 1 saturated heterocycles. The van der Waals surface area contributed by atoms with Crippen LogP contribution in [0.2, 0.25) is 0 Å². The number of benzene rings is 1. The number of morpholine rings is 1. The van der Waals surface area contributed by atoms with Crippen molar-refractivity contribution >= 4 is 21.6 Å². The Bertz CT molecular complexity index is 683. The minimum Gasteiger partial charge on any atom is -0.366 e. The highest BCUT2D eigenvalue weighted by atomic mass is 32.2. The van der Waals surface area contributed by atoms with Gasteiger partial charge in [-0.05, 0) is 37.2 Å². The molecule has 1 amide bonds. The van der Waals surface area contributed by atoms with Crippen molar-refractivity contribution in [2.75, 3.05) is 38.2 Å². The molecule has 0 radical (unpaired) electrons. The van der Waals surface area contributed by atoms with Gasteiger partial charge in [0.2, 0.25) is 10.0 Å². The number of ether oxygens (including phenoxy) is 1. The highest BCUT2D eigenvalue weighted by Gasteiger charge is 2.32. The molecule has 1 atom stereocenters. The van der Waals surface area contributed by atoms with Crippen molar-refractivity contribution in [3.05, 3.63) is 23.8 Å². The Morgan fingerprint density at radius 3 is 2.95 bits per heavy atom. The van der Waals surface area contributed by atoms with E-state index < -0.39 is 16.1 Å². The summed E-state index contributed by atoms with van der Waals surface area (Å²) in [5, 5.41) is 3.14. The molecule has 2 aliphatic heterocycles. The molecule has 1 aromatic carbocycles. The van der Waals surface area contributed by atoms with Gasteiger partial charge in [-0.2, -0.15) is 0 Å². The Kier molecular flexibility index (Phi) is 4.18. The highest BCUT2D eigenvalue weighted by molar-refractivity contribution is 7.89. The van der Waals surface area contributed by atoms with Gasteiger partial charge in [-0.1, -0.05) is 0 Å². The molecular formula is C14H19N3O4S. The minimum absolute atomic E-state index is 0.0739. The monoisotopic (exact) mass is 325 g/mol. The van der Waals surface area contributed by atoms with Crippen LogP contribution < -0.4 is 14.9 Å². The van der Waals surface area contributed by atoms with Crippen LogP contribution in [0.15, 0.2) is 23.1 Å². The van der Waals surface area contributed by atoms with Gasteiger partial charge in [0.05, 0.1) is 11.5 Å². The molecule has 2 heterocycles. The predicted molar refractivity (Wildman–Crippen MR) is 81.4 cm³/mol. The van der Waals surface area contributed by atoms with Crippen LogP contribution in [0.25, 0.3) is 0 Å². The Morgan fingerprint density at radius 2 is 2.27 bits per heavy atom. The van der Waals surface area contributed by atoms with Crippen LogP contribution >= 0.6 is 0 Å². The molecule has 2 aliphatic rings. The van der Waals surface area contributed by atoms with E-state index in [1.54, 1.807) is 17.0 Å². The van der Waals surface area contributed by atoms with Crippen LogP contribution in [0, 0.1) is 0 Å². The maximum atomic E-state index is 12.5. The second-order valence-electron chi connectivity index (χ2n) is 5.30. The summed E-state index contributed by atoms with van der Waals surface area (Å²) >= 11 is 0. The lowest BCUT2D eigenvalue weighted by atomic mass is 10.2. The molecule has 1 aromatic rings. The highest BCUT2D eigenvalue weighted by Crippen LogP contribution is 2.31. The summed E-state index contributed by atoms with van der Waals surface area (Å²) in [7, 11) is -2.09. The van der Waals surface area contributed by atoms with E-state index in [4.69, 9.17) is 4.74 Å². The van der Waals surface area contributed by atoms with Crippen molar-refractivity contribution in [2.24, 2.45) is 0 Å². The number of rotatable bonds is 3. The zero-order valence-electron chi connectivity index (χ0n) is 12.3. The summed E-state index contributed by atoms with van der Waals surface area (Å²) in [6.07, 6.45) is 0.175. The fourth-order valence-electron chi connectivity index (χ4n) is 2.79. The number of anilines is 1. The third-order valence-electron chi connectivity index (χ3n) is 3.99. The molecule has 1 unspecified atom stereocenters. The van der Waals surface area contributed by atoms with Crippen LogP contribution in [0.4, 0.5) is 5.69 Å². The first kappa shape index (κ1) is 15.4. The van der Waals surface area contributed by atoms with Crippen LogP contribution in [0.5, 0.6) is 0 Å². The number of nitrogens with one attached hydrogen (secondary N) is 2. The number of hydrogen-bond acceptors (Lipinski definition) is 5. The van der Waals surface area contributed by atoms with Gasteiger partial charge in [0, 0.05) is 25.3 Å². The van der Waals surface area contributed by atoms with E-state index in [1.807, 2.05) is 0 Å². The number of amides is 1. The second-order valence-corrected chi connectivity index (χ2v) is 7.19. The molecule has 120 valence electrons. The van der Waals surface area contributed by atoms with Crippen molar-refractivity contribution in [3.63, 3.8) is 0 Å². The van der Waals surface area contributed by atoms with Crippen molar-refractivity contribution in [1.82, 2.24) is 10.0 Å². The summed E-state index contributed by atoms with van der Waals surface area (Å²) in [6.45, 7) is 2.34. The number of sulfonamides is 1. The average molecular weight is 325 g/mol. The number of carbonyl (C=O) groups is 1. The Morgan fingerprint density at radius 1 is 1.45 bits per heavy atom. The van der Waals surface area contributed by atoms with Gasteiger partial charge in [-0.15, -0.1) is 0 Å². The zero-order valence-corrected chi connectivity index (χ0v) is 13.1. The zero-order chi connectivity index (χ0) is 15.7. The first-order valence-electron chi connectivity index (χ1n) is 7.23. The van der Waals surface area contributed by atoms with Crippen molar-refractivity contribution in [3.8, 4) is 0 Å². The second kappa shape index (κ2) is 5.96. The van der Waals surface area contributed by atoms with Crippen LogP contribution in [-0.2, 0) is 26.0 Å². The lowest BCUT2D eigenvalue weighted by Crippen LogP contribution is -2.49. The number of carbonyl (C=O) groups excluding carboxylic acids is 1. The van der Waals surface area contributed by atoms with Gasteiger partial charge in [0.1, 0.15) is 6.10 Å². The minimum atomic E-state index is -3.47. The van der Waals surface area contributed by atoms with Crippen LogP contribution in [0.3, 0.4) is 0 Å². The number of nitrogens with zero attached hydrogens (tertiary/aromatic N) is 1. The molecule has 0 saturated carbocycles. The molecule has 2 N–H and O–H groups in total. The Balaban J connectivity index is 1.84. The maximum absolute atomic E-state index is 12.5. The quantitative estimate of drug-likeness (QED) is 0.780. The van der Waals surface area contributed by atoms with Crippen LogP contribution in [0.1, 0.15) is 5.56 Å². The molecule has 0 aliphatic carbocycles. The fourth-order valence-corrected chi connectivity index (χ4v) is 3.57. The molecule has 22 heavy (non-hydrogen) atoms. The normalized spacial score (nSPS) is 21.7. The summed E-state index contributed by atoms with van der Waals surface area (Å²) in [4.78, 5) is 14.4. The molecule has 3 rings (SSSR count). The van der Waals surface area contributed by atoms with Crippen molar-refractivity contribution in [2.45, 2.75) is 17.4 Å². The Hall–Kier alpha value is -1.48. The molecule has 1 fully saturated rings. The van der Waals surface area contributed by atoms with Gasteiger partial charge in [0.25, 0.3) is 5.91 Å². The van der Waals surface area contributed by atoms with E-state index >= 15 is 0 Å². The van der Waals surface area contributed by atoms with E-state index in [0.717, 1.165) is 17.8 Å². The van der Waals surface area contributed by atoms with Gasteiger partial charge in [-0.3, -0.25) is 4.79 Å². The average Bonchev–Trinajstić information content (AvgIpc) is 2.98. The lowest BCUT2D eigenvalue weighted by molar-refractivity contribution is -0.131. The fraction of sp³-hybridized carbons (Fsp3) is 0.500. The van der Waals surface area contributed by atoms with E-state index in [2.05, 4.69) is 10.0 Å². The summed E-state index contributed by atoms with van der Waals surface area (Å²) < 4.78 is 31.5. The number of fused-ring (bicyclic) bond motifs is 1. The largest absolute Gasteiger partial charge is 0.366 e. The third-order valence-corrected chi connectivity index (χ3v) is 5.41. The van der Waals surface area contributed by atoms with Crippen molar-refractivity contribution < 1.29 is 17.9 Å². The summed E-state index contributed by atoms with van der Waals surface area (Å²) in [6, 6.07) is 4.85. The molecule has 0 spiro atoms. The maximum Gasteiger partial charge on any atom is 0.257 e. The Labute approximate surface area is 129 Å². The third kappa shape index (κ3) is 2.74. The SMILES string of the molecule is CNS(=O)(=O)c1ccc2c(c1)CCN2C(=O)C1CNCCO1. The summed E-state index contributed by atoms with van der Waals surface area (Å²) in [5.41, 5.74) is 1.64. The van der Waals surface area contributed by atoms with Gasteiger partial charge >= 0.3 is 0 Å². The van der Waals surface area contributed by atoms with Crippen molar-refractivity contribution in [1.29, 1.82) is 0 Å². The standard InChI is InChI=1S/C14H19N3O4S/c1-15-22(19,20)11-2-3-12-10(8-11)4-6-17(12)14(18)13-9-16-5-7-21-13/h2-3,8,13,15-16H,4-7,9H2,1H3. The molecule has 8 heteroatoms. The smallest absolute Gasteiger partial charge is 0.257 e. The number of hydrogen-bond donors (Lipinski definition) is 2. The van der Waals surface area contributed by atoms with E-state index in [0.29, 0.717) is 26.1 Å². The molecular weight excluding hydrogens is 306 g/mol. The summed E-state index contributed by atoms with van der Waals surface area (Å²) in [5.74, 6) is -0.0739. The van der Waals surface area contributed by atoms with E-state index in [-0.39, 0.29) is 10.8 Å². The topological polar surface area (TPSA) is 87.7 Å². The lowest BCUT2D eigenvalue weighted by Gasteiger charge is -2.27. The molecule has 0 aromatic heterocycles.